The predicted molar refractivity (Wildman–Crippen MR) is 114 cm³/mol. The Labute approximate surface area is 172 Å². The van der Waals surface area contributed by atoms with E-state index in [1.165, 1.54) is 58.3 Å². The first-order valence-corrected chi connectivity index (χ1v) is 11.8. The van der Waals surface area contributed by atoms with Crippen LogP contribution in [0.4, 0.5) is 0 Å². The molecular weight excluding hydrogens is 350 g/mol. The van der Waals surface area contributed by atoms with Crippen LogP contribution in [-0.2, 0) is 9.53 Å². The van der Waals surface area contributed by atoms with Crippen LogP contribution in [0.2, 0.25) is 0 Å². The quantitative estimate of drug-likeness (QED) is 0.695. The van der Waals surface area contributed by atoms with Crippen LogP contribution in [0.5, 0.6) is 0 Å². The van der Waals surface area contributed by atoms with Gasteiger partial charge in [0.25, 0.3) is 0 Å². The summed E-state index contributed by atoms with van der Waals surface area (Å²) >= 11 is 0. The fourth-order valence-electron chi connectivity index (χ4n) is 5.34. The molecule has 0 aliphatic carbocycles. The molecule has 3 aliphatic heterocycles. The number of carbonyl (C=O) groups is 1. The fraction of sp³-hybridized carbons (Fsp3) is 0.957. The normalized spacial score (nSPS) is 28.0. The van der Waals surface area contributed by atoms with Crippen molar-refractivity contribution >= 4 is 5.91 Å². The van der Waals surface area contributed by atoms with Gasteiger partial charge in [-0.2, -0.15) is 0 Å². The van der Waals surface area contributed by atoms with Crippen LogP contribution in [0.1, 0.15) is 59.8 Å². The Hall–Kier alpha value is -0.650. The van der Waals surface area contributed by atoms with Gasteiger partial charge in [-0.15, -0.1) is 0 Å². The summed E-state index contributed by atoms with van der Waals surface area (Å²) in [6.07, 6.45) is 6.87. The molecule has 1 unspecified atom stereocenters. The molecule has 3 fully saturated rings. The Bertz CT molecular complexity index is 482. The predicted octanol–water partition coefficient (Wildman–Crippen LogP) is 3.09. The summed E-state index contributed by atoms with van der Waals surface area (Å²) in [6.45, 7) is 16.9. The number of ether oxygens (including phenoxy) is 1. The highest BCUT2D eigenvalue weighted by molar-refractivity contribution is 5.78. The second kappa shape index (κ2) is 10.4. The number of likely N-dealkylation sites (tertiary alicyclic amines) is 2. The monoisotopic (exact) mass is 393 g/mol. The standard InChI is InChI=1S/C23H43N3O2/c1-5-19(4)20-6-12-25(13-7-20)21-8-10-24(11-9-21)16-22-17-26(14-15-28-22)23(27)18(2)3/h18-22H,5-17H2,1-4H3/t19?,22-/m0/s1. The number of nitrogens with zero attached hydrogens (tertiary/aromatic N) is 3. The van der Waals surface area contributed by atoms with Gasteiger partial charge < -0.3 is 19.4 Å². The van der Waals surface area contributed by atoms with Crippen molar-refractivity contribution < 1.29 is 9.53 Å². The van der Waals surface area contributed by atoms with Gasteiger partial charge >= 0.3 is 0 Å². The van der Waals surface area contributed by atoms with Gasteiger partial charge in [-0.05, 0) is 63.7 Å². The Morgan fingerprint density at radius 3 is 2.29 bits per heavy atom. The molecule has 28 heavy (non-hydrogen) atoms. The van der Waals surface area contributed by atoms with Crippen molar-refractivity contribution in [2.75, 3.05) is 52.4 Å². The van der Waals surface area contributed by atoms with Crippen molar-refractivity contribution in [1.82, 2.24) is 14.7 Å². The molecule has 0 N–H and O–H groups in total. The average Bonchev–Trinajstić information content (AvgIpc) is 2.73. The molecule has 3 heterocycles. The number of amides is 1. The van der Waals surface area contributed by atoms with Gasteiger partial charge in [-0.3, -0.25) is 4.79 Å². The number of hydrogen-bond donors (Lipinski definition) is 0. The number of hydrogen-bond acceptors (Lipinski definition) is 4. The molecule has 162 valence electrons. The Balaban J connectivity index is 1.38. The highest BCUT2D eigenvalue weighted by Crippen LogP contribution is 2.29. The largest absolute Gasteiger partial charge is 0.373 e. The third kappa shape index (κ3) is 5.70. The highest BCUT2D eigenvalue weighted by atomic mass is 16.5. The summed E-state index contributed by atoms with van der Waals surface area (Å²) < 4.78 is 5.98. The Morgan fingerprint density at radius 2 is 1.68 bits per heavy atom. The van der Waals surface area contributed by atoms with E-state index in [1.807, 2.05) is 18.7 Å². The maximum atomic E-state index is 12.3. The minimum atomic E-state index is 0.0824. The molecule has 0 aromatic heterocycles. The fourth-order valence-corrected chi connectivity index (χ4v) is 5.34. The van der Waals surface area contributed by atoms with Crippen molar-refractivity contribution in [3.63, 3.8) is 0 Å². The van der Waals surface area contributed by atoms with Crippen LogP contribution >= 0.6 is 0 Å². The number of morpholine rings is 1. The van der Waals surface area contributed by atoms with Gasteiger partial charge in [0.15, 0.2) is 0 Å². The third-order valence-electron chi connectivity index (χ3n) is 7.50. The molecule has 2 atom stereocenters. The summed E-state index contributed by atoms with van der Waals surface area (Å²) in [4.78, 5) is 19.6. The van der Waals surface area contributed by atoms with E-state index in [2.05, 4.69) is 23.6 Å². The van der Waals surface area contributed by atoms with Crippen LogP contribution < -0.4 is 0 Å². The van der Waals surface area contributed by atoms with Crippen molar-refractivity contribution in [2.45, 2.75) is 71.9 Å². The van der Waals surface area contributed by atoms with Crippen molar-refractivity contribution in [3.05, 3.63) is 0 Å². The zero-order valence-electron chi connectivity index (χ0n) is 18.7. The van der Waals surface area contributed by atoms with Crippen molar-refractivity contribution in [1.29, 1.82) is 0 Å². The first kappa shape index (κ1) is 22.0. The van der Waals surface area contributed by atoms with Gasteiger partial charge in [0.2, 0.25) is 5.91 Å². The van der Waals surface area contributed by atoms with Crippen molar-refractivity contribution in [3.8, 4) is 0 Å². The van der Waals surface area contributed by atoms with Gasteiger partial charge in [0, 0.05) is 31.6 Å². The number of carbonyl (C=O) groups excluding carboxylic acids is 1. The first-order valence-electron chi connectivity index (χ1n) is 11.8. The zero-order chi connectivity index (χ0) is 20.1. The topological polar surface area (TPSA) is 36.0 Å². The van der Waals surface area contributed by atoms with Crippen LogP contribution in [-0.4, -0.2) is 85.2 Å². The third-order valence-corrected chi connectivity index (χ3v) is 7.50. The number of rotatable bonds is 6. The minimum Gasteiger partial charge on any atom is -0.373 e. The second-order valence-corrected chi connectivity index (χ2v) is 9.72. The van der Waals surface area contributed by atoms with E-state index in [-0.39, 0.29) is 17.9 Å². The Kier molecular flexibility index (Phi) is 8.19. The molecule has 0 aromatic rings. The summed E-state index contributed by atoms with van der Waals surface area (Å²) in [5.41, 5.74) is 0. The summed E-state index contributed by atoms with van der Waals surface area (Å²) in [7, 11) is 0. The first-order chi connectivity index (χ1) is 13.5. The molecule has 5 nitrogen and oxygen atoms in total. The SMILES string of the molecule is CCC(C)C1CCN(C2CCN(C[C@H]3CN(C(=O)C(C)C)CCO3)CC2)CC1. The lowest BCUT2D eigenvalue weighted by Crippen LogP contribution is -2.53. The zero-order valence-corrected chi connectivity index (χ0v) is 18.7. The molecule has 0 bridgehead atoms. The van der Waals surface area contributed by atoms with E-state index in [9.17, 15) is 4.79 Å². The van der Waals surface area contributed by atoms with Crippen LogP contribution in [0.3, 0.4) is 0 Å². The summed E-state index contributed by atoms with van der Waals surface area (Å²) in [6, 6.07) is 0.778. The van der Waals surface area contributed by atoms with Gasteiger partial charge in [0.1, 0.15) is 0 Å². The van der Waals surface area contributed by atoms with E-state index in [1.54, 1.807) is 0 Å². The lowest BCUT2D eigenvalue weighted by atomic mass is 9.83. The molecule has 0 aromatic carbocycles. The molecular formula is C23H43N3O2. The van der Waals surface area contributed by atoms with Gasteiger partial charge in [-0.25, -0.2) is 0 Å². The van der Waals surface area contributed by atoms with Crippen LogP contribution in [0.25, 0.3) is 0 Å². The molecule has 5 heteroatoms. The maximum absolute atomic E-state index is 12.3. The summed E-state index contributed by atoms with van der Waals surface area (Å²) in [5, 5.41) is 0. The second-order valence-electron chi connectivity index (χ2n) is 9.72. The van der Waals surface area contributed by atoms with Crippen LogP contribution in [0, 0.1) is 17.8 Å². The maximum Gasteiger partial charge on any atom is 0.225 e. The molecule has 0 saturated carbocycles. The number of piperidine rings is 2. The van der Waals surface area contributed by atoms with E-state index < -0.39 is 0 Å². The molecule has 3 saturated heterocycles. The molecule has 3 rings (SSSR count). The van der Waals surface area contributed by atoms with Crippen LogP contribution in [0.15, 0.2) is 0 Å². The lowest BCUT2D eigenvalue weighted by molar-refractivity contribution is -0.142. The van der Waals surface area contributed by atoms with Gasteiger partial charge in [-0.1, -0.05) is 34.1 Å². The Morgan fingerprint density at radius 1 is 1.00 bits per heavy atom. The molecule has 0 radical (unpaired) electrons. The summed E-state index contributed by atoms with van der Waals surface area (Å²) in [5.74, 6) is 2.19. The average molecular weight is 394 g/mol. The minimum absolute atomic E-state index is 0.0824. The van der Waals surface area contributed by atoms with Crippen molar-refractivity contribution in [2.24, 2.45) is 17.8 Å². The molecule has 0 spiro atoms. The lowest BCUT2D eigenvalue weighted by Gasteiger charge is -2.43. The van der Waals surface area contributed by atoms with Gasteiger partial charge in [0.05, 0.1) is 12.7 Å². The van der Waals surface area contributed by atoms with E-state index in [0.29, 0.717) is 6.61 Å². The molecule has 3 aliphatic rings. The molecule has 1 amide bonds. The smallest absolute Gasteiger partial charge is 0.225 e. The van der Waals surface area contributed by atoms with E-state index >= 15 is 0 Å². The van der Waals surface area contributed by atoms with E-state index in [4.69, 9.17) is 4.74 Å². The highest BCUT2D eigenvalue weighted by Gasteiger charge is 2.31. The van der Waals surface area contributed by atoms with E-state index in [0.717, 1.165) is 37.5 Å².